The molecule has 28 heavy (non-hydrogen) atoms. The number of nitrogens with two attached hydrogens (primary N) is 1. The van der Waals surface area contributed by atoms with Gasteiger partial charge in [0, 0.05) is 30.6 Å². The van der Waals surface area contributed by atoms with Crippen LogP contribution in [0.15, 0.2) is 41.6 Å². The van der Waals surface area contributed by atoms with E-state index in [-0.39, 0.29) is 0 Å². The van der Waals surface area contributed by atoms with Gasteiger partial charge in [-0.2, -0.15) is 9.50 Å². The second kappa shape index (κ2) is 11.0. The van der Waals surface area contributed by atoms with Crippen molar-refractivity contribution in [3.8, 4) is 0 Å². The molecule has 0 aliphatic rings. The highest BCUT2D eigenvalue weighted by atomic mass is 32.2. The number of aromatic nitrogens is 4. The molecule has 0 unspecified atom stereocenters. The van der Waals surface area contributed by atoms with Gasteiger partial charge < -0.3 is 20.5 Å². The Morgan fingerprint density at radius 2 is 1.86 bits per heavy atom. The summed E-state index contributed by atoms with van der Waals surface area (Å²) in [7, 11) is 0. The van der Waals surface area contributed by atoms with E-state index in [0.717, 1.165) is 17.3 Å². The molecule has 0 fully saturated rings. The normalized spacial score (nSPS) is 11.2. The molecule has 8 nitrogen and oxygen atoms in total. The van der Waals surface area contributed by atoms with Gasteiger partial charge in [-0.05, 0) is 12.5 Å². The summed E-state index contributed by atoms with van der Waals surface area (Å²) in [6, 6.07) is 12.2. The average Bonchev–Trinajstić information content (AvgIpc) is 3.12. The molecule has 0 atom stereocenters. The minimum absolute atomic E-state index is 0.530. The minimum atomic E-state index is 0.530. The predicted molar refractivity (Wildman–Crippen MR) is 111 cm³/mol. The Morgan fingerprint density at radius 3 is 2.64 bits per heavy atom. The van der Waals surface area contributed by atoms with Gasteiger partial charge in [0.15, 0.2) is 0 Å². The molecular formula is C19H26N6O2S. The molecule has 0 spiro atoms. The molecule has 9 heteroatoms. The van der Waals surface area contributed by atoms with Gasteiger partial charge in [-0.3, -0.25) is 0 Å². The standard InChI is InChI=1S/C19H26N6O2S/c1-15-13-17(21-8-10-27-12-11-26-9-7-20)25-18(22-15)23-19(24-25)28-14-16-5-3-2-4-6-16/h2-6,13,21H,7-12,14,20H2,1H3. The average molecular weight is 403 g/mol. The molecule has 3 aromatic rings. The predicted octanol–water partition coefficient (Wildman–Crippen LogP) is 2.13. The van der Waals surface area contributed by atoms with Crippen LogP contribution in [0.3, 0.4) is 0 Å². The zero-order valence-corrected chi connectivity index (χ0v) is 16.8. The van der Waals surface area contributed by atoms with Gasteiger partial charge in [-0.1, -0.05) is 42.1 Å². The largest absolute Gasteiger partial charge is 0.378 e. The first-order chi connectivity index (χ1) is 13.8. The van der Waals surface area contributed by atoms with Crippen molar-refractivity contribution >= 4 is 23.4 Å². The maximum absolute atomic E-state index is 5.54. The van der Waals surface area contributed by atoms with Crippen molar-refractivity contribution in [2.75, 3.05) is 44.8 Å². The number of aryl methyl sites for hydroxylation is 1. The molecule has 2 heterocycles. The van der Waals surface area contributed by atoms with Crippen LogP contribution in [0.25, 0.3) is 5.78 Å². The van der Waals surface area contributed by atoms with Crippen LogP contribution in [0.1, 0.15) is 11.3 Å². The number of rotatable bonds is 12. The van der Waals surface area contributed by atoms with Gasteiger partial charge >= 0.3 is 0 Å². The summed E-state index contributed by atoms with van der Waals surface area (Å²) >= 11 is 1.60. The molecule has 0 amide bonds. The van der Waals surface area contributed by atoms with Crippen molar-refractivity contribution < 1.29 is 9.47 Å². The molecule has 0 bridgehead atoms. The van der Waals surface area contributed by atoms with Gasteiger partial charge in [0.2, 0.25) is 5.16 Å². The molecule has 3 N–H and O–H groups in total. The van der Waals surface area contributed by atoms with Crippen LogP contribution >= 0.6 is 11.8 Å². The molecule has 0 aliphatic carbocycles. The fourth-order valence-corrected chi connectivity index (χ4v) is 3.31. The highest BCUT2D eigenvalue weighted by Crippen LogP contribution is 2.21. The molecule has 1 aromatic carbocycles. The quantitative estimate of drug-likeness (QED) is 0.351. The third-order valence-corrected chi connectivity index (χ3v) is 4.73. The van der Waals surface area contributed by atoms with E-state index in [1.54, 1.807) is 16.3 Å². The van der Waals surface area contributed by atoms with Crippen LogP contribution in [0.5, 0.6) is 0 Å². The summed E-state index contributed by atoms with van der Waals surface area (Å²) in [6.45, 7) is 5.37. The second-order valence-corrected chi connectivity index (χ2v) is 7.05. The lowest BCUT2D eigenvalue weighted by Crippen LogP contribution is -2.16. The molecule has 0 saturated heterocycles. The first-order valence-corrected chi connectivity index (χ1v) is 10.3. The Labute approximate surface area is 168 Å². The van der Waals surface area contributed by atoms with E-state index in [9.17, 15) is 0 Å². The van der Waals surface area contributed by atoms with E-state index in [1.807, 2.05) is 31.2 Å². The van der Waals surface area contributed by atoms with Crippen LogP contribution in [0, 0.1) is 6.92 Å². The molecule has 150 valence electrons. The topological polar surface area (TPSA) is 99.6 Å². The SMILES string of the molecule is Cc1cc(NCCOCCOCCN)n2nc(SCc3ccccc3)nc2n1. The van der Waals surface area contributed by atoms with Gasteiger partial charge in [-0.15, -0.1) is 5.10 Å². The van der Waals surface area contributed by atoms with Crippen LogP contribution in [0.2, 0.25) is 0 Å². The third kappa shape index (κ3) is 6.16. The Morgan fingerprint density at radius 1 is 1.07 bits per heavy atom. The van der Waals surface area contributed by atoms with Gasteiger partial charge in [-0.25, -0.2) is 4.98 Å². The number of hydrogen-bond donors (Lipinski definition) is 2. The highest BCUT2D eigenvalue weighted by Gasteiger charge is 2.10. The fourth-order valence-electron chi connectivity index (χ4n) is 2.53. The smallest absolute Gasteiger partial charge is 0.255 e. The zero-order chi connectivity index (χ0) is 19.6. The van der Waals surface area contributed by atoms with E-state index < -0.39 is 0 Å². The van der Waals surface area contributed by atoms with Crippen LogP contribution in [-0.4, -0.2) is 59.1 Å². The lowest BCUT2D eigenvalue weighted by atomic mass is 10.2. The summed E-state index contributed by atoms with van der Waals surface area (Å²) in [4.78, 5) is 9.02. The van der Waals surface area contributed by atoms with E-state index in [1.165, 1.54) is 5.56 Å². The van der Waals surface area contributed by atoms with Crippen molar-refractivity contribution in [1.82, 2.24) is 19.6 Å². The number of nitrogens with zero attached hydrogens (tertiary/aromatic N) is 4. The minimum Gasteiger partial charge on any atom is -0.378 e. The Bertz CT molecular complexity index is 858. The van der Waals surface area contributed by atoms with E-state index in [2.05, 4.69) is 32.5 Å². The fraction of sp³-hybridized carbons (Fsp3) is 0.421. The summed E-state index contributed by atoms with van der Waals surface area (Å²) < 4.78 is 12.6. The van der Waals surface area contributed by atoms with E-state index >= 15 is 0 Å². The van der Waals surface area contributed by atoms with Gasteiger partial charge in [0.1, 0.15) is 5.82 Å². The van der Waals surface area contributed by atoms with Gasteiger partial charge in [0.25, 0.3) is 5.78 Å². The van der Waals surface area contributed by atoms with E-state index in [0.29, 0.717) is 50.5 Å². The monoisotopic (exact) mass is 402 g/mol. The molecule has 0 aliphatic heterocycles. The summed E-state index contributed by atoms with van der Waals surface area (Å²) in [5, 5.41) is 8.64. The van der Waals surface area contributed by atoms with Crippen molar-refractivity contribution in [3.05, 3.63) is 47.7 Å². The number of anilines is 1. The number of hydrogen-bond acceptors (Lipinski definition) is 8. The lowest BCUT2D eigenvalue weighted by molar-refractivity contribution is 0.0547. The van der Waals surface area contributed by atoms with Gasteiger partial charge in [0.05, 0.1) is 26.4 Å². The first-order valence-electron chi connectivity index (χ1n) is 9.27. The first kappa shape index (κ1) is 20.5. The Hall–Kier alpha value is -2.20. The maximum atomic E-state index is 5.54. The molecule has 0 saturated carbocycles. The highest BCUT2D eigenvalue weighted by molar-refractivity contribution is 7.98. The Balaban J connectivity index is 1.54. The maximum Gasteiger partial charge on any atom is 0.255 e. The molecule has 3 rings (SSSR count). The number of benzene rings is 1. The Kier molecular flexibility index (Phi) is 8.04. The molecular weight excluding hydrogens is 376 g/mol. The second-order valence-electron chi connectivity index (χ2n) is 6.10. The summed E-state index contributed by atoms with van der Waals surface area (Å²) in [6.07, 6.45) is 0. The number of ether oxygens (including phenoxy) is 2. The molecule has 0 radical (unpaired) electrons. The van der Waals surface area contributed by atoms with Crippen molar-refractivity contribution in [2.45, 2.75) is 17.8 Å². The number of thioether (sulfide) groups is 1. The number of nitrogens with one attached hydrogen (secondary N) is 1. The van der Waals surface area contributed by atoms with Crippen molar-refractivity contribution in [1.29, 1.82) is 0 Å². The third-order valence-electron chi connectivity index (χ3n) is 3.82. The number of fused-ring (bicyclic) bond motifs is 1. The van der Waals surface area contributed by atoms with Crippen molar-refractivity contribution in [3.63, 3.8) is 0 Å². The van der Waals surface area contributed by atoms with Crippen LogP contribution < -0.4 is 11.1 Å². The summed E-state index contributed by atoms with van der Waals surface area (Å²) in [5.41, 5.74) is 7.49. The van der Waals surface area contributed by atoms with Crippen LogP contribution in [0.4, 0.5) is 5.82 Å². The van der Waals surface area contributed by atoms with Crippen molar-refractivity contribution in [2.24, 2.45) is 5.73 Å². The van der Waals surface area contributed by atoms with Crippen LogP contribution in [-0.2, 0) is 15.2 Å². The zero-order valence-electron chi connectivity index (χ0n) is 16.0. The lowest BCUT2D eigenvalue weighted by Gasteiger charge is -2.09. The molecule has 2 aromatic heterocycles. The summed E-state index contributed by atoms with van der Waals surface area (Å²) in [5.74, 6) is 2.26. The van der Waals surface area contributed by atoms with E-state index in [4.69, 9.17) is 15.2 Å².